The molecule has 0 aromatic carbocycles. The molecule has 3 rings (SSSR count). The lowest BCUT2D eigenvalue weighted by atomic mass is 9.91. The molecule has 1 aliphatic carbocycles. The maximum Gasteiger partial charge on any atom is 0.318 e. The van der Waals surface area contributed by atoms with Crippen LogP contribution in [0.4, 0.5) is 0 Å². The van der Waals surface area contributed by atoms with E-state index in [1.54, 1.807) is 0 Å². The third kappa shape index (κ3) is 3.25. The summed E-state index contributed by atoms with van der Waals surface area (Å²) in [7, 11) is 1.43. The molecule has 2 unspecified atom stereocenters. The molecule has 1 aliphatic heterocycles. The number of thioether (sulfide) groups is 1. The molecule has 0 bridgehead atoms. The summed E-state index contributed by atoms with van der Waals surface area (Å²) in [4.78, 5) is 16.7. The second kappa shape index (κ2) is 6.81. The molecule has 21 heavy (non-hydrogen) atoms. The topological polar surface area (TPSA) is 65.2 Å². The largest absolute Gasteiger partial charge is 0.468 e. The van der Waals surface area contributed by atoms with E-state index in [9.17, 15) is 4.79 Å². The van der Waals surface area contributed by atoms with E-state index < -0.39 is 0 Å². The standard InChI is InChI=1S/C15H22N2O3S/c1-19-15(18)12(10-6-2-3-7-10)14-16-13(17-20-14)11-8-4-5-9-21-11/h10-12H,2-9H2,1H3. The number of esters is 1. The molecule has 0 spiro atoms. The van der Waals surface area contributed by atoms with Crippen LogP contribution in [0.3, 0.4) is 0 Å². The van der Waals surface area contributed by atoms with Crippen LogP contribution in [-0.4, -0.2) is 29.0 Å². The molecule has 2 heterocycles. The number of carbonyl (C=O) groups excluding carboxylic acids is 1. The number of rotatable bonds is 4. The van der Waals surface area contributed by atoms with E-state index in [1.165, 1.54) is 20.0 Å². The monoisotopic (exact) mass is 310 g/mol. The van der Waals surface area contributed by atoms with Crippen molar-refractivity contribution in [2.45, 2.75) is 56.1 Å². The highest BCUT2D eigenvalue weighted by Gasteiger charge is 2.37. The Labute approximate surface area is 129 Å². The van der Waals surface area contributed by atoms with Crippen LogP contribution in [0.25, 0.3) is 0 Å². The third-order valence-corrected chi connectivity index (χ3v) is 5.89. The Hall–Kier alpha value is -1.04. The minimum atomic E-state index is -0.382. The van der Waals surface area contributed by atoms with Gasteiger partial charge in [-0.1, -0.05) is 24.4 Å². The number of methoxy groups -OCH3 is 1. The molecule has 1 aromatic heterocycles. The smallest absolute Gasteiger partial charge is 0.318 e. The number of ether oxygens (including phenoxy) is 1. The maximum atomic E-state index is 12.1. The highest BCUT2D eigenvalue weighted by atomic mass is 32.2. The Morgan fingerprint density at radius 1 is 1.29 bits per heavy atom. The van der Waals surface area contributed by atoms with E-state index >= 15 is 0 Å². The minimum absolute atomic E-state index is 0.242. The van der Waals surface area contributed by atoms with Gasteiger partial charge in [0.1, 0.15) is 5.92 Å². The van der Waals surface area contributed by atoms with Crippen molar-refractivity contribution in [2.24, 2.45) is 5.92 Å². The summed E-state index contributed by atoms with van der Waals surface area (Å²) in [6.45, 7) is 0. The second-order valence-electron chi connectivity index (χ2n) is 5.89. The van der Waals surface area contributed by atoms with Gasteiger partial charge in [0.2, 0.25) is 5.89 Å². The number of aromatic nitrogens is 2. The molecule has 1 saturated heterocycles. The van der Waals surface area contributed by atoms with Gasteiger partial charge in [0.15, 0.2) is 5.82 Å². The molecule has 0 amide bonds. The summed E-state index contributed by atoms with van der Waals surface area (Å²) in [5.74, 6) is 2.01. The molecule has 1 aromatic rings. The summed E-state index contributed by atoms with van der Waals surface area (Å²) in [5.41, 5.74) is 0. The second-order valence-corrected chi connectivity index (χ2v) is 7.20. The zero-order chi connectivity index (χ0) is 14.7. The van der Waals surface area contributed by atoms with Gasteiger partial charge in [-0.2, -0.15) is 16.7 Å². The summed E-state index contributed by atoms with van der Waals surface area (Å²) < 4.78 is 10.4. The van der Waals surface area contributed by atoms with Crippen LogP contribution >= 0.6 is 11.8 Å². The van der Waals surface area contributed by atoms with Crippen LogP contribution in [0.1, 0.15) is 67.8 Å². The lowest BCUT2D eigenvalue weighted by molar-refractivity contribution is -0.144. The number of nitrogens with zero attached hydrogens (tertiary/aromatic N) is 2. The van der Waals surface area contributed by atoms with Gasteiger partial charge in [-0.15, -0.1) is 0 Å². The Morgan fingerprint density at radius 2 is 2.05 bits per heavy atom. The van der Waals surface area contributed by atoms with Crippen LogP contribution < -0.4 is 0 Å². The predicted octanol–water partition coefficient (Wildman–Crippen LogP) is 3.47. The first-order valence-electron chi connectivity index (χ1n) is 7.82. The average molecular weight is 310 g/mol. The number of hydrogen-bond donors (Lipinski definition) is 0. The maximum absolute atomic E-state index is 12.1. The van der Waals surface area contributed by atoms with Crippen molar-refractivity contribution in [3.8, 4) is 0 Å². The highest BCUT2D eigenvalue weighted by molar-refractivity contribution is 7.99. The molecular weight excluding hydrogens is 288 g/mol. The predicted molar refractivity (Wildman–Crippen MR) is 80.1 cm³/mol. The fourth-order valence-corrected chi connectivity index (χ4v) is 4.59. The van der Waals surface area contributed by atoms with Crippen molar-refractivity contribution < 1.29 is 14.1 Å². The van der Waals surface area contributed by atoms with Crippen molar-refractivity contribution in [1.82, 2.24) is 10.1 Å². The Morgan fingerprint density at radius 3 is 2.71 bits per heavy atom. The van der Waals surface area contributed by atoms with Crippen LogP contribution in [0.15, 0.2) is 4.52 Å². The third-order valence-electron chi connectivity index (χ3n) is 4.52. The molecule has 2 atom stereocenters. The van der Waals surface area contributed by atoms with Gasteiger partial charge in [0.05, 0.1) is 12.4 Å². The first kappa shape index (κ1) is 14.9. The molecule has 1 saturated carbocycles. The van der Waals surface area contributed by atoms with Gasteiger partial charge in [-0.3, -0.25) is 4.79 Å². The van der Waals surface area contributed by atoms with E-state index in [4.69, 9.17) is 9.26 Å². The molecule has 6 heteroatoms. The fourth-order valence-electron chi connectivity index (χ4n) is 3.36. The molecule has 5 nitrogen and oxygen atoms in total. The SMILES string of the molecule is COC(=O)C(c1nc(C2CCCCS2)no1)C1CCCC1. The van der Waals surface area contributed by atoms with Crippen molar-refractivity contribution in [3.63, 3.8) is 0 Å². The van der Waals surface area contributed by atoms with Gasteiger partial charge in [0.25, 0.3) is 0 Å². The summed E-state index contributed by atoms with van der Waals surface area (Å²) >= 11 is 1.89. The van der Waals surface area contributed by atoms with E-state index in [0.29, 0.717) is 11.1 Å². The van der Waals surface area contributed by atoms with Gasteiger partial charge in [-0.05, 0) is 37.4 Å². The van der Waals surface area contributed by atoms with Crippen molar-refractivity contribution >= 4 is 17.7 Å². The Bertz CT molecular complexity index is 479. The van der Waals surface area contributed by atoms with Crippen molar-refractivity contribution in [1.29, 1.82) is 0 Å². The van der Waals surface area contributed by atoms with Crippen LogP contribution in [0.5, 0.6) is 0 Å². The minimum Gasteiger partial charge on any atom is -0.468 e. The number of hydrogen-bond acceptors (Lipinski definition) is 6. The molecule has 0 N–H and O–H groups in total. The summed E-state index contributed by atoms with van der Waals surface area (Å²) in [5, 5.41) is 4.45. The van der Waals surface area contributed by atoms with Crippen LogP contribution in [-0.2, 0) is 9.53 Å². The first-order chi connectivity index (χ1) is 10.3. The summed E-state index contributed by atoms with van der Waals surface area (Å²) in [6, 6.07) is 0. The molecule has 116 valence electrons. The molecule has 2 aliphatic rings. The van der Waals surface area contributed by atoms with Crippen LogP contribution in [0.2, 0.25) is 0 Å². The van der Waals surface area contributed by atoms with E-state index in [1.807, 2.05) is 11.8 Å². The quantitative estimate of drug-likeness (QED) is 0.793. The van der Waals surface area contributed by atoms with E-state index in [-0.39, 0.29) is 17.8 Å². The lowest BCUT2D eigenvalue weighted by Gasteiger charge is -2.18. The zero-order valence-electron chi connectivity index (χ0n) is 12.4. The average Bonchev–Trinajstić information content (AvgIpc) is 3.20. The van der Waals surface area contributed by atoms with Crippen molar-refractivity contribution in [2.75, 3.05) is 12.9 Å². The summed E-state index contributed by atoms with van der Waals surface area (Å²) in [6.07, 6.45) is 7.97. The van der Waals surface area contributed by atoms with Crippen LogP contribution in [0, 0.1) is 5.92 Å². The number of carbonyl (C=O) groups is 1. The van der Waals surface area contributed by atoms with Crippen molar-refractivity contribution in [3.05, 3.63) is 11.7 Å². The van der Waals surface area contributed by atoms with Gasteiger partial charge in [0, 0.05) is 0 Å². The van der Waals surface area contributed by atoms with E-state index in [2.05, 4.69) is 10.1 Å². The Balaban J connectivity index is 1.78. The highest BCUT2D eigenvalue weighted by Crippen LogP contribution is 2.40. The molecule has 0 radical (unpaired) electrons. The van der Waals surface area contributed by atoms with Gasteiger partial charge in [-0.25, -0.2) is 0 Å². The lowest BCUT2D eigenvalue weighted by Crippen LogP contribution is -2.22. The molecular formula is C15H22N2O3S. The van der Waals surface area contributed by atoms with E-state index in [0.717, 1.165) is 43.7 Å². The van der Waals surface area contributed by atoms with Gasteiger partial charge < -0.3 is 9.26 Å². The van der Waals surface area contributed by atoms with Gasteiger partial charge >= 0.3 is 5.97 Å². The fraction of sp³-hybridized carbons (Fsp3) is 0.800. The normalized spacial score (nSPS) is 24.9. The Kier molecular flexibility index (Phi) is 4.83. The zero-order valence-corrected chi connectivity index (χ0v) is 13.2. The molecule has 2 fully saturated rings. The first-order valence-corrected chi connectivity index (χ1v) is 8.87.